The molecule has 36 heavy (non-hydrogen) atoms. The minimum absolute atomic E-state index is 0.300. The van der Waals surface area contributed by atoms with Crippen molar-refractivity contribution >= 4 is 24.6 Å². The summed E-state index contributed by atoms with van der Waals surface area (Å²) in [5, 5.41) is 10.9. The van der Waals surface area contributed by atoms with E-state index in [4.69, 9.17) is 14.0 Å². The Bertz CT molecular complexity index is 1050. The van der Waals surface area contributed by atoms with E-state index in [0.717, 1.165) is 11.0 Å². The molecular formula is C26H37BN4O5. The first-order valence-corrected chi connectivity index (χ1v) is 12.4. The number of benzene rings is 1. The van der Waals surface area contributed by atoms with Crippen molar-refractivity contribution in [2.45, 2.75) is 71.4 Å². The molecular weight excluding hydrogens is 459 g/mol. The van der Waals surface area contributed by atoms with Gasteiger partial charge in [0.1, 0.15) is 11.7 Å². The van der Waals surface area contributed by atoms with Gasteiger partial charge in [0.2, 0.25) is 5.95 Å². The van der Waals surface area contributed by atoms with Gasteiger partial charge in [-0.3, -0.25) is 0 Å². The summed E-state index contributed by atoms with van der Waals surface area (Å²) in [6, 6.07) is 7.57. The first-order valence-electron chi connectivity index (χ1n) is 12.4. The summed E-state index contributed by atoms with van der Waals surface area (Å²) in [7, 11) is -0.445. The highest BCUT2D eigenvalue weighted by Gasteiger charge is 2.51. The molecule has 0 aliphatic carbocycles. The number of carbonyl (C=O) groups is 1. The molecule has 3 heterocycles. The van der Waals surface area contributed by atoms with Crippen LogP contribution in [0.2, 0.25) is 0 Å². The molecule has 2 fully saturated rings. The smallest absolute Gasteiger partial charge is 0.444 e. The number of nitrogens with zero attached hydrogens (tertiary/aromatic N) is 4. The minimum Gasteiger partial charge on any atom is -0.444 e. The number of amides is 1. The molecule has 4 rings (SSSR count). The molecule has 2 aromatic rings. The zero-order chi connectivity index (χ0) is 26.3. The molecule has 0 spiro atoms. The van der Waals surface area contributed by atoms with Crippen molar-refractivity contribution in [3.8, 4) is 0 Å². The van der Waals surface area contributed by atoms with Crippen LogP contribution in [-0.2, 0) is 14.0 Å². The number of aliphatic hydroxyl groups is 1. The average molecular weight is 496 g/mol. The molecule has 2 aliphatic heterocycles. The van der Waals surface area contributed by atoms with Gasteiger partial charge in [0.05, 0.1) is 11.2 Å². The third-order valence-electron chi connectivity index (χ3n) is 6.97. The third kappa shape index (κ3) is 5.66. The van der Waals surface area contributed by atoms with E-state index in [0.29, 0.717) is 37.7 Å². The van der Waals surface area contributed by atoms with Crippen LogP contribution in [-0.4, -0.2) is 76.2 Å². The van der Waals surface area contributed by atoms with E-state index in [1.54, 1.807) is 17.3 Å². The second kappa shape index (κ2) is 9.65. The van der Waals surface area contributed by atoms with Crippen molar-refractivity contribution in [2.75, 3.05) is 31.1 Å². The fraction of sp³-hybridized carbons (Fsp3) is 0.577. The monoisotopic (exact) mass is 496 g/mol. The number of ether oxygens (including phenoxy) is 1. The summed E-state index contributed by atoms with van der Waals surface area (Å²) in [5.74, 6) is 0.575. The Morgan fingerprint density at radius 3 is 2.00 bits per heavy atom. The lowest BCUT2D eigenvalue weighted by molar-refractivity contribution is 0.00578. The van der Waals surface area contributed by atoms with Gasteiger partial charge in [0, 0.05) is 44.1 Å². The van der Waals surface area contributed by atoms with Crippen LogP contribution in [0.15, 0.2) is 36.7 Å². The van der Waals surface area contributed by atoms with Gasteiger partial charge in [-0.2, -0.15) is 0 Å². The highest BCUT2D eigenvalue weighted by atomic mass is 16.7. The molecule has 1 aromatic carbocycles. The van der Waals surface area contributed by atoms with E-state index in [2.05, 4.69) is 9.97 Å². The molecule has 1 atom stereocenters. The Morgan fingerprint density at radius 2 is 1.50 bits per heavy atom. The Kier molecular flexibility index (Phi) is 7.07. The van der Waals surface area contributed by atoms with Crippen LogP contribution in [0.3, 0.4) is 0 Å². The zero-order valence-corrected chi connectivity index (χ0v) is 22.3. The van der Waals surface area contributed by atoms with Gasteiger partial charge in [-0.25, -0.2) is 14.8 Å². The third-order valence-corrected chi connectivity index (χ3v) is 6.97. The molecule has 9 nitrogen and oxygen atoms in total. The molecule has 10 heteroatoms. The van der Waals surface area contributed by atoms with E-state index < -0.39 is 30.0 Å². The number of hydrogen-bond acceptors (Lipinski definition) is 8. The number of aromatic nitrogens is 2. The van der Waals surface area contributed by atoms with Crippen LogP contribution in [0.5, 0.6) is 0 Å². The Balaban J connectivity index is 1.35. The summed E-state index contributed by atoms with van der Waals surface area (Å²) in [5.41, 5.74) is 0.920. The van der Waals surface area contributed by atoms with E-state index >= 15 is 0 Å². The summed E-state index contributed by atoms with van der Waals surface area (Å²) in [6.07, 6.45) is 2.14. The minimum atomic E-state index is -0.851. The first kappa shape index (κ1) is 26.4. The predicted octanol–water partition coefficient (Wildman–Crippen LogP) is 2.91. The zero-order valence-electron chi connectivity index (χ0n) is 22.3. The van der Waals surface area contributed by atoms with E-state index in [1.807, 2.05) is 77.6 Å². The van der Waals surface area contributed by atoms with Crippen LogP contribution in [0.25, 0.3) is 0 Å². The van der Waals surface area contributed by atoms with Crippen LogP contribution >= 0.6 is 0 Å². The Labute approximate surface area is 213 Å². The van der Waals surface area contributed by atoms with Crippen molar-refractivity contribution in [2.24, 2.45) is 0 Å². The largest absolute Gasteiger partial charge is 0.494 e. The maximum Gasteiger partial charge on any atom is 0.494 e. The van der Waals surface area contributed by atoms with Gasteiger partial charge in [0.15, 0.2) is 0 Å². The number of rotatable bonds is 4. The van der Waals surface area contributed by atoms with Gasteiger partial charge in [-0.15, -0.1) is 0 Å². The van der Waals surface area contributed by atoms with Crippen LogP contribution in [0, 0.1) is 0 Å². The fourth-order valence-corrected chi connectivity index (χ4v) is 4.06. The summed E-state index contributed by atoms with van der Waals surface area (Å²) < 4.78 is 17.7. The number of aliphatic hydroxyl groups excluding tert-OH is 1. The second-order valence-corrected chi connectivity index (χ2v) is 11.4. The molecule has 194 valence electrons. The first-order chi connectivity index (χ1) is 16.8. The summed E-state index contributed by atoms with van der Waals surface area (Å²) >= 11 is 0. The van der Waals surface area contributed by atoms with E-state index in [1.165, 1.54) is 0 Å². The maximum absolute atomic E-state index is 12.3. The van der Waals surface area contributed by atoms with Crippen LogP contribution < -0.4 is 10.4 Å². The molecule has 0 bridgehead atoms. The number of carbonyl (C=O) groups excluding carboxylic acids is 1. The van der Waals surface area contributed by atoms with Crippen molar-refractivity contribution in [1.29, 1.82) is 0 Å². The lowest BCUT2D eigenvalue weighted by atomic mass is 9.78. The van der Waals surface area contributed by atoms with Crippen molar-refractivity contribution < 1.29 is 23.9 Å². The van der Waals surface area contributed by atoms with E-state index in [9.17, 15) is 9.90 Å². The average Bonchev–Trinajstić information content (AvgIpc) is 3.04. The van der Waals surface area contributed by atoms with E-state index in [-0.39, 0.29) is 6.09 Å². The standard InChI is InChI=1S/C26H37BN4O5/c1-24(2,3)34-23(33)31-14-12-30(13-15-31)22-28-16-19(17-29-22)21(32)18-8-10-20(11-9-18)27-35-25(4,5)26(6,7)36-27/h8-11,16-17,21,32H,12-15H2,1-7H3. The van der Waals surface area contributed by atoms with Gasteiger partial charge in [-0.1, -0.05) is 24.3 Å². The fourth-order valence-electron chi connectivity index (χ4n) is 4.06. The Morgan fingerprint density at radius 1 is 0.972 bits per heavy atom. The predicted molar refractivity (Wildman–Crippen MR) is 138 cm³/mol. The molecule has 0 saturated carbocycles. The SMILES string of the molecule is CC(C)(C)OC(=O)N1CCN(c2ncc(C(O)c3ccc(B4OC(C)(C)C(C)(C)O4)cc3)cn2)CC1. The van der Waals surface area contributed by atoms with Gasteiger partial charge < -0.3 is 29.0 Å². The van der Waals surface area contributed by atoms with Gasteiger partial charge in [0.25, 0.3) is 0 Å². The van der Waals surface area contributed by atoms with Gasteiger partial charge >= 0.3 is 13.2 Å². The maximum atomic E-state index is 12.3. The molecule has 1 unspecified atom stereocenters. The molecule has 1 amide bonds. The topological polar surface area (TPSA) is 97.3 Å². The summed E-state index contributed by atoms with van der Waals surface area (Å²) in [6.45, 7) is 16.0. The van der Waals surface area contributed by atoms with Crippen molar-refractivity contribution in [3.63, 3.8) is 0 Å². The highest BCUT2D eigenvalue weighted by Crippen LogP contribution is 2.36. The quantitative estimate of drug-likeness (QED) is 0.646. The molecule has 1 N–H and O–H groups in total. The summed E-state index contributed by atoms with van der Waals surface area (Å²) in [4.78, 5) is 24.9. The van der Waals surface area contributed by atoms with Gasteiger partial charge in [-0.05, 0) is 59.5 Å². The molecule has 2 saturated heterocycles. The number of anilines is 1. The lowest BCUT2D eigenvalue weighted by Gasteiger charge is -2.35. The van der Waals surface area contributed by atoms with Crippen molar-refractivity contribution in [1.82, 2.24) is 14.9 Å². The molecule has 2 aliphatic rings. The van der Waals surface area contributed by atoms with Crippen LogP contribution in [0.4, 0.5) is 10.7 Å². The highest BCUT2D eigenvalue weighted by molar-refractivity contribution is 6.62. The van der Waals surface area contributed by atoms with Crippen LogP contribution in [0.1, 0.15) is 65.7 Å². The normalized spacial score (nSPS) is 20.4. The number of hydrogen-bond donors (Lipinski definition) is 1. The molecule has 1 aromatic heterocycles. The lowest BCUT2D eigenvalue weighted by Crippen LogP contribution is -2.50. The second-order valence-electron chi connectivity index (χ2n) is 11.4. The van der Waals surface area contributed by atoms with Crippen molar-refractivity contribution in [3.05, 3.63) is 47.8 Å². The number of piperazine rings is 1. The Hall–Kier alpha value is -2.69. The molecule has 0 radical (unpaired) electrons.